The summed E-state index contributed by atoms with van der Waals surface area (Å²) in [6.45, 7) is 9.19. The van der Waals surface area contributed by atoms with E-state index in [0.717, 1.165) is 139 Å². The van der Waals surface area contributed by atoms with Crippen LogP contribution in [0.3, 0.4) is 0 Å². The molecule has 0 aliphatic rings. The Balaban J connectivity index is 0.890. The van der Waals surface area contributed by atoms with Crippen molar-refractivity contribution >= 4 is 117 Å². The first kappa shape index (κ1) is 64.2. The molecule has 0 saturated heterocycles. The van der Waals surface area contributed by atoms with Gasteiger partial charge in [0.25, 0.3) is 0 Å². The van der Waals surface area contributed by atoms with Crippen LogP contribution in [0.1, 0.15) is 20.8 Å². The first-order valence-corrected chi connectivity index (χ1v) is 34.7. The number of aromatic nitrogens is 3. The lowest BCUT2D eigenvalue weighted by Gasteiger charge is -2.26. The Kier molecular flexibility index (Phi) is 16.9. The van der Waals surface area contributed by atoms with E-state index < -0.39 is 0 Å². The standard InChI is InChI=1S/C90H78N6O6/c1-10-91-82-52-19-61(58-13-22-64(23-14-58)94(67-28-40-73(97-4)41-29-67)68-30-42-74(98-5)43-31-68)55-79(82)85-88(91)86-80-56-62(59-15-24-65(25-16-59)95(69-32-44-75(99-6)45-33-69)70-34-46-76(100-7)47-35-70)20-53-83(80)92(11-2)90(86)87-81-57-63(21-54-84(81)93(12-3)89(85)87)60-17-26-66(27-18-60)96(71-36-48-77(101-8)49-37-71)72-38-50-78(102-9)51-39-72/h13-57H,10-12H2,1-9H3. The molecule has 12 nitrogen and oxygen atoms in total. The maximum atomic E-state index is 5.59. The summed E-state index contributed by atoms with van der Waals surface area (Å²) in [4.78, 5) is 6.80. The molecule has 0 unspecified atom stereocenters. The lowest BCUT2D eigenvalue weighted by atomic mass is 9.97. The van der Waals surface area contributed by atoms with Crippen LogP contribution < -0.4 is 43.1 Å². The fraction of sp³-hybridized carbons (Fsp3) is 0.133. The molecular weight excluding hydrogens is 1260 g/mol. The van der Waals surface area contributed by atoms with Crippen molar-refractivity contribution in [2.75, 3.05) is 57.4 Å². The molecule has 0 N–H and O–H groups in total. The highest BCUT2D eigenvalue weighted by atomic mass is 16.5. The molecule has 0 aliphatic heterocycles. The van der Waals surface area contributed by atoms with E-state index >= 15 is 0 Å². The minimum Gasteiger partial charge on any atom is -0.497 e. The molecule has 16 rings (SSSR count). The third-order valence-electron chi connectivity index (χ3n) is 20.2. The minimum absolute atomic E-state index is 0.765. The topological polar surface area (TPSA) is 79.9 Å². The highest BCUT2D eigenvalue weighted by Crippen LogP contribution is 2.51. The van der Waals surface area contributed by atoms with Gasteiger partial charge in [-0.05, 0) is 273 Å². The summed E-state index contributed by atoms with van der Waals surface area (Å²) in [5, 5.41) is 7.40. The lowest BCUT2D eigenvalue weighted by molar-refractivity contribution is 0.414. The quantitative estimate of drug-likeness (QED) is 0.0699. The fourth-order valence-corrected chi connectivity index (χ4v) is 15.2. The molecule has 0 aliphatic carbocycles. The van der Waals surface area contributed by atoms with Crippen LogP contribution in [0.15, 0.2) is 273 Å². The van der Waals surface area contributed by atoms with Gasteiger partial charge < -0.3 is 56.8 Å². The number of rotatable bonds is 21. The van der Waals surface area contributed by atoms with Crippen LogP contribution in [0.25, 0.3) is 98.8 Å². The van der Waals surface area contributed by atoms with Crippen LogP contribution in [0.4, 0.5) is 51.2 Å². The second-order valence-electron chi connectivity index (χ2n) is 25.4. The molecule has 13 aromatic carbocycles. The van der Waals surface area contributed by atoms with Gasteiger partial charge in [0.1, 0.15) is 34.5 Å². The number of hydrogen-bond donors (Lipinski definition) is 0. The Bertz CT molecular complexity index is 4990. The Morgan fingerprint density at radius 3 is 0.549 bits per heavy atom. The Morgan fingerprint density at radius 2 is 0.382 bits per heavy atom. The lowest BCUT2D eigenvalue weighted by Crippen LogP contribution is -2.09. The summed E-state index contributed by atoms with van der Waals surface area (Å²) in [5.74, 6) is 4.81. The number of anilines is 9. The SMILES string of the molecule is CCn1c2ccc(-c3ccc(N(c4ccc(OC)cc4)c4ccc(OC)cc4)cc3)cc2c2c1c1c3cc(-c4ccc(N(c5ccc(OC)cc5)c5ccc(OC)cc5)cc4)ccc3n(CC)c1c1c3cc(-c4ccc(N(c5ccc(OC)cc5)c5ccc(OC)cc5)cc4)ccc3n(CC)c21. The molecule has 0 amide bonds. The van der Waals surface area contributed by atoms with Crippen molar-refractivity contribution in [1.29, 1.82) is 0 Å². The predicted molar refractivity (Wildman–Crippen MR) is 422 cm³/mol. The van der Waals surface area contributed by atoms with Crippen molar-refractivity contribution in [3.8, 4) is 67.9 Å². The van der Waals surface area contributed by atoms with Crippen LogP contribution in [0.5, 0.6) is 34.5 Å². The van der Waals surface area contributed by atoms with Gasteiger partial charge in [-0.15, -0.1) is 0 Å². The van der Waals surface area contributed by atoms with Crippen LogP contribution in [-0.4, -0.2) is 56.4 Å². The normalized spacial score (nSPS) is 11.5. The summed E-state index contributed by atoms with van der Waals surface area (Å²) in [6.07, 6.45) is 0. The van der Waals surface area contributed by atoms with Crippen LogP contribution >= 0.6 is 0 Å². The van der Waals surface area contributed by atoms with Crippen molar-refractivity contribution in [1.82, 2.24) is 13.7 Å². The average Bonchev–Trinajstić information content (AvgIpc) is 1.51. The van der Waals surface area contributed by atoms with Crippen LogP contribution in [0, 0.1) is 0 Å². The van der Waals surface area contributed by atoms with Crippen molar-refractivity contribution in [2.24, 2.45) is 0 Å². The van der Waals surface area contributed by atoms with E-state index in [2.05, 4.69) is 249 Å². The Labute approximate surface area is 594 Å². The maximum Gasteiger partial charge on any atom is 0.119 e. The van der Waals surface area contributed by atoms with Gasteiger partial charge in [-0.3, -0.25) is 0 Å². The Hall–Kier alpha value is -12.5. The van der Waals surface area contributed by atoms with Gasteiger partial charge >= 0.3 is 0 Å². The first-order chi connectivity index (χ1) is 50.1. The molecule has 3 heterocycles. The fourth-order valence-electron chi connectivity index (χ4n) is 15.2. The summed E-state index contributed by atoms with van der Waals surface area (Å²) in [6, 6.07) is 97.6. The van der Waals surface area contributed by atoms with E-state index in [9.17, 15) is 0 Å². The second-order valence-corrected chi connectivity index (χ2v) is 25.4. The first-order valence-electron chi connectivity index (χ1n) is 34.7. The number of methoxy groups -OCH3 is 6. The second kappa shape index (κ2) is 26.9. The molecule has 0 radical (unpaired) electrons. The predicted octanol–water partition coefficient (Wildman–Crippen LogP) is 23.5. The third-order valence-corrected chi connectivity index (χ3v) is 20.2. The minimum atomic E-state index is 0.765. The van der Waals surface area contributed by atoms with Crippen molar-refractivity contribution in [3.05, 3.63) is 273 Å². The number of aryl methyl sites for hydroxylation is 3. The smallest absolute Gasteiger partial charge is 0.119 e. The zero-order valence-electron chi connectivity index (χ0n) is 58.7. The zero-order chi connectivity index (χ0) is 69.7. The third kappa shape index (κ3) is 11.1. The molecular formula is C90H78N6O6. The maximum absolute atomic E-state index is 5.59. The molecule has 0 saturated carbocycles. The van der Waals surface area contributed by atoms with Crippen LogP contribution in [-0.2, 0) is 19.6 Å². The monoisotopic (exact) mass is 1340 g/mol. The van der Waals surface area contributed by atoms with Gasteiger partial charge in [-0.1, -0.05) is 54.6 Å². The Morgan fingerprint density at radius 1 is 0.216 bits per heavy atom. The summed E-state index contributed by atoms with van der Waals surface area (Å²) < 4.78 is 41.3. The molecule has 16 aromatic rings. The number of hydrogen-bond acceptors (Lipinski definition) is 9. The van der Waals surface area contributed by atoms with Gasteiger partial charge in [-0.2, -0.15) is 0 Å². The van der Waals surface area contributed by atoms with E-state index in [-0.39, 0.29) is 0 Å². The summed E-state index contributed by atoms with van der Waals surface area (Å²) in [7, 11) is 10.2. The molecule has 12 heteroatoms. The van der Waals surface area contributed by atoms with Crippen molar-refractivity contribution < 1.29 is 28.4 Å². The van der Waals surface area contributed by atoms with E-state index in [1.807, 2.05) is 72.8 Å². The highest BCUT2D eigenvalue weighted by Gasteiger charge is 2.29. The zero-order valence-corrected chi connectivity index (χ0v) is 58.7. The van der Waals surface area contributed by atoms with E-state index in [0.29, 0.717) is 0 Å². The van der Waals surface area contributed by atoms with Gasteiger partial charge in [-0.25, -0.2) is 0 Å². The van der Waals surface area contributed by atoms with Gasteiger partial charge in [0.15, 0.2) is 0 Å². The number of benzene rings is 13. The number of nitrogens with zero attached hydrogens (tertiary/aromatic N) is 6. The summed E-state index contributed by atoms with van der Waals surface area (Å²) >= 11 is 0. The highest BCUT2D eigenvalue weighted by molar-refractivity contribution is 6.40. The molecule has 0 spiro atoms. The average molecular weight is 1340 g/mol. The van der Waals surface area contributed by atoms with Crippen molar-refractivity contribution in [2.45, 2.75) is 40.4 Å². The van der Waals surface area contributed by atoms with E-state index in [1.165, 1.54) is 65.4 Å². The number of fused-ring (bicyclic) bond motifs is 12. The van der Waals surface area contributed by atoms with Crippen LogP contribution in [0.2, 0.25) is 0 Å². The molecule has 0 fully saturated rings. The number of ether oxygens (including phenoxy) is 6. The molecule has 3 aromatic heterocycles. The summed E-state index contributed by atoms with van der Waals surface area (Å²) in [5.41, 5.74) is 23.3. The molecule has 102 heavy (non-hydrogen) atoms. The van der Waals surface area contributed by atoms with Crippen molar-refractivity contribution in [3.63, 3.8) is 0 Å². The van der Waals surface area contributed by atoms with Gasteiger partial charge in [0, 0.05) is 120 Å². The molecule has 0 atom stereocenters. The largest absolute Gasteiger partial charge is 0.497 e. The van der Waals surface area contributed by atoms with Gasteiger partial charge in [0.2, 0.25) is 0 Å². The van der Waals surface area contributed by atoms with Gasteiger partial charge in [0.05, 0.1) is 59.2 Å². The van der Waals surface area contributed by atoms with E-state index in [4.69, 9.17) is 28.4 Å². The van der Waals surface area contributed by atoms with E-state index in [1.54, 1.807) is 42.7 Å². The molecule has 504 valence electrons. The molecule has 0 bridgehead atoms.